The molecule has 0 bridgehead atoms. The van der Waals surface area contributed by atoms with Crippen LogP contribution in [0, 0.1) is 0 Å². The minimum atomic E-state index is 0.244. The van der Waals surface area contributed by atoms with Crippen molar-refractivity contribution < 1.29 is 9.26 Å². The van der Waals surface area contributed by atoms with Crippen LogP contribution in [0.5, 0.6) is 0 Å². The molecule has 1 aliphatic heterocycles. The molecule has 2 aromatic heterocycles. The number of morpholine rings is 1. The third-order valence-electron chi connectivity index (χ3n) is 3.40. The molecule has 2 aromatic rings. The Hall–Kier alpha value is -1.28. The molecule has 3 heterocycles. The van der Waals surface area contributed by atoms with Crippen LogP contribution < -0.4 is 0 Å². The predicted octanol–water partition coefficient (Wildman–Crippen LogP) is 1.56. The minimum absolute atomic E-state index is 0.244. The molecule has 0 N–H and O–H groups in total. The average molecular weight is 308 g/mol. The van der Waals surface area contributed by atoms with Crippen molar-refractivity contribution in [2.75, 3.05) is 40.3 Å². The van der Waals surface area contributed by atoms with Crippen molar-refractivity contribution in [3.63, 3.8) is 0 Å². The Kier molecular flexibility index (Phi) is 4.64. The first kappa shape index (κ1) is 14.6. The van der Waals surface area contributed by atoms with Crippen molar-refractivity contribution >= 4 is 11.3 Å². The van der Waals surface area contributed by atoms with E-state index in [1.165, 1.54) is 0 Å². The van der Waals surface area contributed by atoms with Crippen LogP contribution in [0.4, 0.5) is 0 Å². The molecule has 21 heavy (non-hydrogen) atoms. The first-order valence-corrected chi connectivity index (χ1v) is 7.99. The molecular formula is C14H20N4O2S. The summed E-state index contributed by atoms with van der Waals surface area (Å²) in [7, 11) is 4.13. The van der Waals surface area contributed by atoms with Crippen LogP contribution in [0.3, 0.4) is 0 Å². The third kappa shape index (κ3) is 3.88. The van der Waals surface area contributed by atoms with E-state index in [1.54, 1.807) is 11.3 Å². The quantitative estimate of drug-likeness (QED) is 0.835. The van der Waals surface area contributed by atoms with Gasteiger partial charge in [0.15, 0.2) is 0 Å². The van der Waals surface area contributed by atoms with E-state index in [1.807, 2.05) is 16.8 Å². The maximum atomic E-state index is 5.77. The first-order valence-electron chi connectivity index (χ1n) is 7.04. The standard InChI is InChI=1S/C14H20N4O2S/c1-17(2)7-12-8-18(4-5-19-12)9-13-15-14(16-20-13)11-3-6-21-10-11/h3,6,10,12H,4-5,7-9H2,1-2H3/t12-/m1/s1. The summed E-state index contributed by atoms with van der Waals surface area (Å²) in [6.07, 6.45) is 0.244. The van der Waals surface area contributed by atoms with Crippen LogP contribution in [0.2, 0.25) is 0 Å². The molecule has 0 aliphatic carbocycles. The zero-order valence-corrected chi connectivity index (χ0v) is 13.2. The fourth-order valence-electron chi connectivity index (χ4n) is 2.46. The molecule has 0 radical (unpaired) electrons. The van der Waals surface area contributed by atoms with Gasteiger partial charge in [-0.1, -0.05) is 5.16 Å². The maximum Gasteiger partial charge on any atom is 0.241 e. The number of hydrogen-bond acceptors (Lipinski definition) is 7. The molecule has 3 rings (SSSR count). The molecule has 1 fully saturated rings. The van der Waals surface area contributed by atoms with Crippen LogP contribution in [0.1, 0.15) is 5.89 Å². The second-order valence-electron chi connectivity index (χ2n) is 5.51. The fourth-order valence-corrected chi connectivity index (χ4v) is 3.10. The summed E-state index contributed by atoms with van der Waals surface area (Å²) in [4.78, 5) is 8.93. The zero-order valence-electron chi connectivity index (χ0n) is 12.4. The predicted molar refractivity (Wildman–Crippen MR) is 81.2 cm³/mol. The smallest absolute Gasteiger partial charge is 0.241 e. The van der Waals surface area contributed by atoms with Crippen LogP contribution >= 0.6 is 11.3 Å². The van der Waals surface area contributed by atoms with E-state index < -0.39 is 0 Å². The molecule has 6 nitrogen and oxygen atoms in total. The first-order chi connectivity index (χ1) is 10.2. The van der Waals surface area contributed by atoms with Crippen LogP contribution in [-0.4, -0.2) is 66.4 Å². The molecule has 1 atom stereocenters. The zero-order chi connectivity index (χ0) is 14.7. The highest BCUT2D eigenvalue weighted by atomic mass is 32.1. The van der Waals surface area contributed by atoms with Crippen LogP contribution in [0.15, 0.2) is 21.3 Å². The molecule has 1 saturated heterocycles. The summed E-state index contributed by atoms with van der Waals surface area (Å²) in [6.45, 7) is 4.17. The van der Waals surface area contributed by atoms with Crippen molar-refractivity contribution in [3.05, 3.63) is 22.7 Å². The van der Waals surface area contributed by atoms with Gasteiger partial charge in [0.1, 0.15) is 0 Å². The van der Waals surface area contributed by atoms with Gasteiger partial charge in [0.25, 0.3) is 0 Å². The van der Waals surface area contributed by atoms with E-state index in [9.17, 15) is 0 Å². The fraction of sp³-hybridized carbons (Fsp3) is 0.571. The molecule has 7 heteroatoms. The highest BCUT2D eigenvalue weighted by Gasteiger charge is 2.22. The van der Waals surface area contributed by atoms with E-state index in [2.05, 4.69) is 34.0 Å². The summed E-state index contributed by atoms with van der Waals surface area (Å²) in [5.74, 6) is 1.34. The number of aromatic nitrogens is 2. The largest absolute Gasteiger partial charge is 0.374 e. The number of nitrogens with zero attached hydrogens (tertiary/aromatic N) is 4. The van der Waals surface area contributed by atoms with E-state index >= 15 is 0 Å². The Balaban J connectivity index is 1.59. The number of likely N-dealkylation sites (N-methyl/N-ethyl adjacent to an activating group) is 1. The molecule has 114 valence electrons. The molecule has 0 amide bonds. The van der Waals surface area contributed by atoms with Crippen molar-refractivity contribution in [2.24, 2.45) is 0 Å². The number of rotatable bonds is 5. The lowest BCUT2D eigenvalue weighted by molar-refractivity contribution is -0.0430. The topological polar surface area (TPSA) is 54.6 Å². The van der Waals surface area contributed by atoms with E-state index in [0.717, 1.165) is 31.8 Å². The van der Waals surface area contributed by atoms with Crippen LogP contribution in [-0.2, 0) is 11.3 Å². The van der Waals surface area contributed by atoms with Crippen molar-refractivity contribution in [3.8, 4) is 11.4 Å². The van der Waals surface area contributed by atoms with Gasteiger partial charge in [-0.05, 0) is 25.5 Å². The lowest BCUT2D eigenvalue weighted by atomic mass is 10.2. The number of thiophene rings is 1. The lowest BCUT2D eigenvalue weighted by Gasteiger charge is -2.33. The Labute approximate surface area is 128 Å². The van der Waals surface area contributed by atoms with Gasteiger partial charge in [-0.15, -0.1) is 0 Å². The molecule has 0 spiro atoms. The summed E-state index contributed by atoms with van der Waals surface area (Å²) in [5, 5.41) is 8.08. The Morgan fingerprint density at radius 3 is 3.14 bits per heavy atom. The van der Waals surface area contributed by atoms with Gasteiger partial charge in [-0.3, -0.25) is 4.90 Å². The van der Waals surface area contributed by atoms with Crippen molar-refractivity contribution in [2.45, 2.75) is 12.6 Å². The van der Waals surface area contributed by atoms with Gasteiger partial charge in [0.05, 0.1) is 19.3 Å². The van der Waals surface area contributed by atoms with Crippen LogP contribution in [0.25, 0.3) is 11.4 Å². The lowest BCUT2D eigenvalue weighted by Crippen LogP contribution is -2.46. The molecule has 0 saturated carbocycles. The maximum absolute atomic E-state index is 5.77. The van der Waals surface area contributed by atoms with E-state index in [0.29, 0.717) is 18.3 Å². The van der Waals surface area contributed by atoms with Gasteiger partial charge in [-0.2, -0.15) is 16.3 Å². The van der Waals surface area contributed by atoms with Gasteiger partial charge in [0.2, 0.25) is 11.7 Å². The minimum Gasteiger partial charge on any atom is -0.374 e. The highest BCUT2D eigenvalue weighted by molar-refractivity contribution is 7.08. The molecule has 0 aromatic carbocycles. The Morgan fingerprint density at radius 1 is 1.48 bits per heavy atom. The normalized spacial score (nSPS) is 20.2. The Bertz CT molecular complexity index is 555. The van der Waals surface area contributed by atoms with E-state index in [-0.39, 0.29) is 6.10 Å². The van der Waals surface area contributed by atoms with Gasteiger partial charge < -0.3 is 14.2 Å². The number of hydrogen-bond donors (Lipinski definition) is 0. The molecule has 0 unspecified atom stereocenters. The monoisotopic (exact) mass is 308 g/mol. The average Bonchev–Trinajstić information content (AvgIpc) is 3.08. The third-order valence-corrected chi connectivity index (χ3v) is 4.08. The summed E-state index contributed by atoms with van der Waals surface area (Å²) < 4.78 is 11.1. The summed E-state index contributed by atoms with van der Waals surface area (Å²) in [6, 6.07) is 2.00. The second-order valence-corrected chi connectivity index (χ2v) is 6.29. The highest BCUT2D eigenvalue weighted by Crippen LogP contribution is 2.19. The van der Waals surface area contributed by atoms with Gasteiger partial charge >= 0.3 is 0 Å². The van der Waals surface area contributed by atoms with Crippen molar-refractivity contribution in [1.82, 2.24) is 19.9 Å². The number of ether oxygens (including phenoxy) is 1. The Morgan fingerprint density at radius 2 is 2.38 bits per heavy atom. The van der Waals surface area contributed by atoms with E-state index in [4.69, 9.17) is 9.26 Å². The molecular weight excluding hydrogens is 288 g/mol. The van der Waals surface area contributed by atoms with Crippen molar-refractivity contribution in [1.29, 1.82) is 0 Å². The summed E-state index contributed by atoms with van der Waals surface area (Å²) in [5.41, 5.74) is 1.02. The SMILES string of the molecule is CN(C)C[C@@H]1CN(Cc2nc(-c3ccsc3)no2)CCO1. The molecule has 1 aliphatic rings. The van der Waals surface area contributed by atoms with Gasteiger partial charge in [0, 0.05) is 30.6 Å². The van der Waals surface area contributed by atoms with Gasteiger partial charge in [-0.25, -0.2) is 0 Å². The summed E-state index contributed by atoms with van der Waals surface area (Å²) >= 11 is 1.63. The second kappa shape index (κ2) is 6.65.